The SMILES string of the molecule is CN=C1SC2Cc3cc(Cl)ccc3C2(O)N1C.Cl. The Hall–Kier alpha value is -0.420. The topological polar surface area (TPSA) is 35.8 Å². The van der Waals surface area contributed by atoms with Gasteiger partial charge < -0.3 is 10.0 Å². The summed E-state index contributed by atoms with van der Waals surface area (Å²) in [5.74, 6) is 0. The summed E-state index contributed by atoms with van der Waals surface area (Å²) in [5, 5.41) is 12.6. The molecular formula is C12H14Cl2N2OS. The van der Waals surface area contributed by atoms with Crippen molar-refractivity contribution in [2.75, 3.05) is 14.1 Å². The van der Waals surface area contributed by atoms with Gasteiger partial charge in [0.1, 0.15) is 0 Å². The molecule has 1 aliphatic carbocycles. The third kappa shape index (κ3) is 1.67. The van der Waals surface area contributed by atoms with Crippen molar-refractivity contribution in [3.8, 4) is 0 Å². The van der Waals surface area contributed by atoms with Crippen molar-refractivity contribution in [3.63, 3.8) is 0 Å². The molecule has 0 amide bonds. The van der Waals surface area contributed by atoms with Gasteiger partial charge in [0.2, 0.25) is 0 Å². The smallest absolute Gasteiger partial charge is 0.178 e. The molecule has 1 fully saturated rings. The summed E-state index contributed by atoms with van der Waals surface area (Å²) in [6, 6.07) is 5.71. The maximum atomic E-state index is 10.9. The first-order chi connectivity index (χ1) is 8.07. The Balaban J connectivity index is 0.00000120. The summed E-state index contributed by atoms with van der Waals surface area (Å²) in [6.45, 7) is 0. The third-order valence-corrected chi connectivity index (χ3v) is 5.24. The molecule has 1 aliphatic heterocycles. The molecule has 0 radical (unpaired) electrons. The minimum atomic E-state index is -0.931. The Morgan fingerprint density at radius 3 is 2.94 bits per heavy atom. The maximum Gasteiger partial charge on any atom is 0.178 e. The van der Waals surface area contributed by atoms with E-state index in [9.17, 15) is 5.11 Å². The summed E-state index contributed by atoms with van der Waals surface area (Å²) in [5.41, 5.74) is 1.17. The molecule has 0 spiro atoms. The summed E-state index contributed by atoms with van der Waals surface area (Å²) >= 11 is 7.63. The van der Waals surface area contributed by atoms with Crippen molar-refractivity contribution < 1.29 is 5.11 Å². The van der Waals surface area contributed by atoms with Crippen LogP contribution >= 0.6 is 35.8 Å². The highest BCUT2D eigenvalue weighted by Gasteiger charge is 2.55. The van der Waals surface area contributed by atoms with Crippen LogP contribution in [0.15, 0.2) is 23.2 Å². The number of halogens is 2. The van der Waals surface area contributed by atoms with E-state index in [-0.39, 0.29) is 17.7 Å². The van der Waals surface area contributed by atoms with E-state index >= 15 is 0 Å². The summed E-state index contributed by atoms with van der Waals surface area (Å²) in [6.07, 6.45) is 0.834. The van der Waals surface area contributed by atoms with Gasteiger partial charge in [0, 0.05) is 24.7 Å². The van der Waals surface area contributed by atoms with Crippen molar-refractivity contribution in [3.05, 3.63) is 34.3 Å². The zero-order chi connectivity index (χ0) is 12.2. The van der Waals surface area contributed by atoms with E-state index in [0.29, 0.717) is 0 Å². The second-order valence-electron chi connectivity index (χ2n) is 4.40. The monoisotopic (exact) mass is 304 g/mol. The van der Waals surface area contributed by atoms with E-state index in [0.717, 1.165) is 27.7 Å². The number of thioether (sulfide) groups is 1. The number of nitrogens with zero attached hydrogens (tertiary/aromatic N) is 2. The molecule has 6 heteroatoms. The van der Waals surface area contributed by atoms with Gasteiger partial charge in [-0.25, -0.2) is 0 Å². The predicted octanol–water partition coefficient (Wildman–Crippen LogP) is 2.50. The van der Waals surface area contributed by atoms with Crippen LogP contribution < -0.4 is 0 Å². The molecule has 3 rings (SSSR count). The molecule has 0 bridgehead atoms. The summed E-state index contributed by atoms with van der Waals surface area (Å²) < 4.78 is 0. The van der Waals surface area contributed by atoms with Gasteiger partial charge in [-0.1, -0.05) is 29.4 Å². The molecule has 0 saturated carbocycles. The number of rotatable bonds is 0. The highest BCUT2D eigenvalue weighted by Crippen LogP contribution is 2.51. The van der Waals surface area contributed by atoms with Gasteiger partial charge in [-0.05, 0) is 24.1 Å². The van der Waals surface area contributed by atoms with E-state index in [4.69, 9.17) is 11.6 Å². The van der Waals surface area contributed by atoms with Gasteiger partial charge in [0.15, 0.2) is 10.9 Å². The van der Waals surface area contributed by atoms with Crippen LogP contribution in [0.1, 0.15) is 11.1 Å². The lowest BCUT2D eigenvalue weighted by molar-refractivity contribution is -0.0496. The largest absolute Gasteiger partial charge is 0.366 e. The van der Waals surface area contributed by atoms with E-state index in [2.05, 4.69) is 4.99 Å². The normalized spacial score (nSPS) is 31.2. The Bertz CT molecular complexity index is 523. The fraction of sp³-hybridized carbons (Fsp3) is 0.417. The Kier molecular flexibility index (Phi) is 3.58. The minimum absolute atomic E-state index is 0. The standard InChI is InChI=1S/C12H13ClN2OS.ClH/c1-14-11-15(2)12(16)9-4-3-8(13)5-7(9)6-10(12)17-11;/h3-5,10,16H,6H2,1-2H3;1H. The highest BCUT2D eigenvalue weighted by atomic mass is 35.5. The third-order valence-electron chi connectivity index (χ3n) is 3.56. The van der Waals surface area contributed by atoms with Crippen LogP contribution in [0.25, 0.3) is 0 Å². The predicted molar refractivity (Wildman–Crippen MR) is 78.8 cm³/mol. The van der Waals surface area contributed by atoms with Crippen LogP contribution in [-0.2, 0) is 12.1 Å². The molecule has 1 heterocycles. The highest BCUT2D eigenvalue weighted by molar-refractivity contribution is 8.14. The van der Waals surface area contributed by atoms with Crippen molar-refractivity contribution in [2.45, 2.75) is 17.4 Å². The maximum absolute atomic E-state index is 10.9. The average molecular weight is 305 g/mol. The zero-order valence-electron chi connectivity index (χ0n) is 10.1. The molecule has 1 saturated heterocycles. The number of aliphatic imine (C=N–C) groups is 1. The first kappa shape index (κ1) is 14.0. The van der Waals surface area contributed by atoms with E-state index in [1.165, 1.54) is 0 Å². The van der Waals surface area contributed by atoms with Crippen molar-refractivity contribution in [1.29, 1.82) is 0 Å². The number of hydrogen-bond acceptors (Lipinski definition) is 3. The number of aliphatic hydroxyl groups is 1. The Morgan fingerprint density at radius 2 is 2.28 bits per heavy atom. The van der Waals surface area contributed by atoms with Gasteiger partial charge >= 0.3 is 0 Å². The zero-order valence-corrected chi connectivity index (χ0v) is 12.4. The molecule has 2 unspecified atom stereocenters. The Labute approximate surface area is 122 Å². The molecular weight excluding hydrogens is 291 g/mol. The van der Waals surface area contributed by atoms with Crippen molar-refractivity contribution in [1.82, 2.24) is 4.90 Å². The summed E-state index contributed by atoms with van der Waals surface area (Å²) in [7, 11) is 3.64. The quantitative estimate of drug-likeness (QED) is 0.800. The van der Waals surface area contributed by atoms with E-state index in [1.807, 2.05) is 30.1 Å². The lowest BCUT2D eigenvalue weighted by Crippen LogP contribution is -2.44. The lowest BCUT2D eigenvalue weighted by atomic mass is 10.0. The molecule has 3 nitrogen and oxygen atoms in total. The second kappa shape index (κ2) is 4.60. The van der Waals surface area contributed by atoms with Crippen LogP contribution in [0, 0.1) is 0 Å². The van der Waals surface area contributed by atoms with Crippen LogP contribution in [0.4, 0.5) is 0 Å². The molecule has 98 valence electrons. The molecule has 18 heavy (non-hydrogen) atoms. The van der Waals surface area contributed by atoms with Crippen molar-refractivity contribution in [2.24, 2.45) is 4.99 Å². The number of amidine groups is 1. The second-order valence-corrected chi connectivity index (χ2v) is 6.01. The molecule has 1 aromatic rings. The van der Waals surface area contributed by atoms with E-state index < -0.39 is 5.72 Å². The fourth-order valence-electron chi connectivity index (χ4n) is 2.68. The minimum Gasteiger partial charge on any atom is -0.366 e. The first-order valence-electron chi connectivity index (χ1n) is 5.46. The van der Waals surface area contributed by atoms with Crippen LogP contribution in [0.2, 0.25) is 5.02 Å². The molecule has 2 aliphatic rings. The number of hydrogen-bond donors (Lipinski definition) is 1. The molecule has 1 N–H and O–H groups in total. The summed E-state index contributed by atoms with van der Waals surface area (Å²) in [4.78, 5) is 6.07. The molecule has 2 atom stereocenters. The van der Waals surface area contributed by atoms with Gasteiger partial charge in [0.05, 0.1) is 5.25 Å². The first-order valence-corrected chi connectivity index (χ1v) is 6.71. The number of fused-ring (bicyclic) bond motifs is 3. The number of benzene rings is 1. The van der Waals surface area contributed by atoms with Crippen LogP contribution in [-0.4, -0.2) is 34.5 Å². The van der Waals surface area contributed by atoms with Crippen molar-refractivity contribution >= 4 is 40.9 Å². The van der Waals surface area contributed by atoms with Crippen LogP contribution in [0.5, 0.6) is 0 Å². The molecule has 1 aromatic carbocycles. The Morgan fingerprint density at radius 1 is 1.56 bits per heavy atom. The van der Waals surface area contributed by atoms with Gasteiger partial charge in [-0.2, -0.15) is 0 Å². The fourth-order valence-corrected chi connectivity index (χ4v) is 4.25. The van der Waals surface area contributed by atoms with Gasteiger partial charge in [0.25, 0.3) is 0 Å². The lowest BCUT2D eigenvalue weighted by Gasteiger charge is -2.31. The molecule has 0 aromatic heterocycles. The van der Waals surface area contributed by atoms with Gasteiger partial charge in [-0.15, -0.1) is 12.4 Å². The van der Waals surface area contributed by atoms with Gasteiger partial charge in [-0.3, -0.25) is 4.99 Å². The average Bonchev–Trinajstić information content (AvgIpc) is 2.70. The van der Waals surface area contributed by atoms with E-state index in [1.54, 1.807) is 18.8 Å². The van der Waals surface area contributed by atoms with Crippen LogP contribution in [0.3, 0.4) is 0 Å².